The molecule has 0 bridgehead atoms. The van der Waals surface area contributed by atoms with Gasteiger partial charge in [-0.05, 0) is 54.8 Å². The molecule has 1 atom stereocenters. The molecule has 0 radical (unpaired) electrons. The molecule has 0 saturated heterocycles. The summed E-state index contributed by atoms with van der Waals surface area (Å²) in [5, 5.41) is 2.81. The molecule has 0 aliphatic carbocycles. The molecule has 164 valence electrons. The molecular weight excluding hydrogens is 404 g/mol. The van der Waals surface area contributed by atoms with Crippen LogP contribution in [-0.2, 0) is 21.2 Å². The average Bonchev–Trinajstić information content (AvgIpc) is 2.75. The molecule has 1 N–H and O–H groups in total. The van der Waals surface area contributed by atoms with Crippen LogP contribution in [0.1, 0.15) is 25.8 Å². The number of aryl methyl sites for hydroxylation is 1. The number of nitrogens with zero attached hydrogens (tertiary/aromatic N) is 1. The Labute approximate surface area is 179 Å². The van der Waals surface area contributed by atoms with Crippen LogP contribution in [0.25, 0.3) is 0 Å². The van der Waals surface area contributed by atoms with E-state index >= 15 is 0 Å². The lowest BCUT2D eigenvalue weighted by Gasteiger charge is -2.17. The minimum absolute atomic E-state index is 0.197. The quantitative estimate of drug-likeness (QED) is 0.550. The van der Waals surface area contributed by atoms with Crippen LogP contribution in [0.4, 0.5) is 0 Å². The lowest BCUT2D eigenvalue weighted by molar-refractivity contribution is -0.128. The molecule has 2 aromatic rings. The van der Waals surface area contributed by atoms with E-state index in [1.54, 1.807) is 12.1 Å². The summed E-state index contributed by atoms with van der Waals surface area (Å²) in [4.78, 5) is 12.6. The summed E-state index contributed by atoms with van der Waals surface area (Å²) >= 11 is 0. The van der Waals surface area contributed by atoms with Crippen LogP contribution in [0.2, 0.25) is 0 Å². The highest BCUT2D eigenvalue weighted by atomic mass is 32.2. The number of rotatable bonds is 11. The molecule has 0 aliphatic rings. The van der Waals surface area contributed by atoms with E-state index in [9.17, 15) is 13.2 Å². The fourth-order valence-corrected chi connectivity index (χ4v) is 3.57. The van der Waals surface area contributed by atoms with Crippen molar-refractivity contribution < 1.29 is 22.7 Å². The molecule has 7 nitrogen and oxygen atoms in total. The second-order valence-electron chi connectivity index (χ2n) is 6.91. The maximum Gasteiger partial charge on any atom is 0.261 e. The predicted molar refractivity (Wildman–Crippen MR) is 116 cm³/mol. The van der Waals surface area contributed by atoms with Gasteiger partial charge in [-0.25, -0.2) is 12.7 Å². The molecule has 0 fully saturated rings. The molecular formula is C22H30N2O5S. The Morgan fingerprint density at radius 1 is 1.00 bits per heavy atom. The van der Waals surface area contributed by atoms with Crippen LogP contribution in [0.3, 0.4) is 0 Å². The number of hydrogen-bond acceptors (Lipinski definition) is 5. The van der Waals surface area contributed by atoms with Crippen molar-refractivity contribution in [2.24, 2.45) is 0 Å². The van der Waals surface area contributed by atoms with Gasteiger partial charge >= 0.3 is 0 Å². The van der Waals surface area contributed by atoms with Gasteiger partial charge in [-0.15, -0.1) is 0 Å². The largest absolute Gasteiger partial charge is 0.492 e. The SMILES string of the molecule is CCc1ccc(O[C@H](CC)C(=O)NCCOc2ccc(S(=O)(=O)N(C)C)cc2)cc1. The first kappa shape index (κ1) is 23.7. The van der Waals surface area contributed by atoms with Gasteiger partial charge in [0.25, 0.3) is 5.91 Å². The summed E-state index contributed by atoms with van der Waals surface area (Å²) in [7, 11) is -0.501. The zero-order valence-electron chi connectivity index (χ0n) is 17.9. The van der Waals surface area contributed by atoms with Gasteiger partial charge in [-0.2, -0.15) is 0 Å². The molecule has 0 unspecified atom stereocenters. The molecule has 0 saturated carbocycles. The number of sulfonamides is 1. The van der Waals surface area contributed by atoms with E-state index in [0.29, 0.717) is 24.5 Å². The van der Waals surface area contributed by atoms with Gasteiger partial charge in [0.2, 0.25) is 10.0 Å². The zero-order chi connectivity index (χ0) is 22.1. The van der Waals surface area contributed by atoms with Gasteiger partial charge < -0.3 is 14.8 Å². The topological polar surface area (TPSA) is 84.9 Å². The fraction of sp³-hybridized carbons (Fsp3) is 0.409. The van der Waals surface area contributed by atoms with E-state index in [4.69, 9.17) is 9.47 Å². The first-order valence-corrected chi connectivity index (χ1v) is 11.4. The summed E-state index contributed by atoms with van der Waals surface area (Å²) in [6.45, 7) is 4.54. The lowest BCUT2D eigenvalue weighted by Crippen LogP contribution is -2.39. The van der Waals surface area contributed by atoms with E-state index in [-0.39, 0.29) is 17.4 Å². The van der Waals surface area contributed by atoms with E-state index in [1.165, 1.54) is 31.8 Å². The maximum absolute atomic E-state index is 12.4. The zero-order valence-corrected chi connectivity index (χ0v) is 18.7. The number of nitrogens with one attached hydrogen (secondary N) is 1. The van der Waals surface area contributed by atoms with Crippen molar-refractivity contribution in [3.05, 3.63) is 54.1 Å². The number of benzene rings is 2. The highest BCUT2D eigenvalue weighted by Crippen LogP contribution is 2.18. The second kappa shape index (κ2) is 11.0. The summed E-state index contributed by atoms with van der Waals surface area (Å²) in [5.41, 5.74) is 1.21. The van der Waals surface area contributed by atoms with Crippen LogP contribution in [0.15, 0.2) is 53.4 Å². The molecule has 8 heteroatoms. The van der Waals surface area contributed by atoms with Gasteiger partial charge in [0.15, 0.2) is 6.10 Å². The summed E-state index contributed by atoms with van der Waals surface area (Å²) in [6, 6.07) is 13.9. The highest BCUT2D eigenvalue weighted by Gasteiger charge is 2.18. The molecule has 0 aliphatic heterocycles. The molecule has 1 amide bonds. The van der Waals surface area contributed by atoms with Crippen LogP contribution in [0.5, 0.6) is 11.5 Å². The Hall–Kier alpha value is -2.58. The van der Waals surface area contributed by atoms with Crippen molar-refractivity contribution in [3.8, 4) is 11.5 Å². The molecule has 2 aromatic carbocycles. The fourth-order valence-electron chi connectivity index (χ4n) is 2.67. The number of carbonyl (C=O) groups is 1. The Kier molecular flexibility index (Phi) is 8.68. The first-order valence-electron chi connectivity index (χ1n) is 9.96. The number of carbonyl (C=O) groups excluding carboxylic acids is 1. The van der Waals surface area contributed by atoms with E-state index in [0.717, 1.165) is 10.7 Å². The van der Waals surface area contributed by atoms with Crippen LogP contribution < -0.4 is 14.8 Å². The lowest BCUT2D eigenvalue weighted by atomic mass is 10.2. The molecule has 0 aromatic heterocycles. The Morgan fingerprint density at radius 3 is 2.13 bits per heavy atom. The number of hydrogen-bond donors (Lipinski definition) is 1. The van der Waals surface area contributed by atoms with Crippen molar-refractivity contribution in [2.45, 2.75) is 37.7 Å². The summed E-state index contributed by atoms with van der Waals surface area (Å²) < 4.78 is 36.6. The summed E-state index contributed by atoms with van der Waals surface area (Å²) in [5.74, 6) is 0.993. The monoisotopic (exact) mass is 434 g/mol. The van der Waals surface area contributed by atoms with Crippen molar-refractivity contribution in [1.29, 1.82) is 0 Å². The minimum Gasteiger partial charge on any atom is -0.492 e. The van der Waals surface area contributed by atoms with Crippen LogP contribution in [0, 0.1) is 0 Å². The van der Waals surface area contributed by atoms with E-state index in [2.05, 4.69) is 12.2 Å². The van der Waals surface area contributed by atoms with Crippen LogP contribution >= 0.6 is 0 Å². The van der Waals surface area contributed by atoms with Gasteiger partial charge in [0.1, 0.15) is 18.1 Å². The van der Waals surface area contributed by atoms with Crippen molar-refractivity contribution >= 4 is 15.9 Å². The molecule has 30 heavy (non-hydrogen) atoms. The van der Waals surface area contributed by atoms with Gasteiger partial charge in [0.05, 0.1) is 11.4 Å². The maximum atomic E-state index is 12.4. The predicted octanol–water partition coefficient (Wildman–Crippen LogP) is 2.85. The highest BCUT2D eigenvalue weighted by molar-refractivity contribution is 7.89. The van der Waals surface area contributed by atoms with Gasteiger partial charge in [0, 0.05) is 14.1 Å². The third kappa shape index (κ3) is 6.47. The normalized spacial score (nSPS) is 12.4. The van der Waals surface area contributed by atoms with Crippen molar-refractivity contribution in [3.63, 3.8) is 0 Å². The molecule has 0 spiro atoms. The smallest absolute Gasteiger partial charge is 0.261 e. The standard InChI is InChI=1S/C22H30N2O5S/c1-5-17-7-9-19(10-8-17)29-21(6-2)22(25)23-15-16-28-18-11-13-20(14-12-18)30(26,27)24(3)4/h7-14,21H,5-6,15-16H2,1-4H3,(H,23,25)/t21-/m1/s1. The molecule has 0 heterocycles. The van der Waals surface area contributed by atoms with Crippen molar-refractivity contribution in [2.75, 3.05) is 27.2 Å². The number of amides is 1. The Morgan fingerprint density at radius 2 is 1.60 bits per heavy atom. The summed E-state index contributed by atoms with van der Waals surface area (Å²) in [6.07, 6.45) is 0.920. The van der Waals surface area contributed by atoms with Gasteiger partial charge in [-0.1, -0.05) is 26.0 Å². The second-order valence-corrected chi connectivity index (χ2v) is 9.06. The third-order valence-electron chi connectivity index (χ3n) is 4.55. The first-order chi connectivity index (χ1) is 14.3. The van der Waals surface area contributed by atoms with Gasteiger partial charge in [-0.3, -0.25) is 4.79 Å². The minimum atomic E-state index is -3.47. The molecule has 2 rings (SSSR count). The van der Waals surface area contributed by atoms with Crippen molar-refractivity contribution in [1.82, 2.24) is 9.62 Å². The van der Waals surface area contributed by atoms with E-state index in [1.807, 2.05) is 31.2 Å². The van der Waals surface area contributed by atoms with E-state index < -0.39 is 16.1 Å². The Balaban J connectivity index is 1.80. The van der Waals surface area contributed by atoms with Crippen LogP contribution in [-0.4, -0.2) is 52.0 Å². The average molecular weight is 435 g/mol. The Bertz CT molecular complexity index is 910. The third-order valence-corrected chi connectivity index (χ3v) is 6.37. The number of ether oxygens (including phenoxy) is 2.